The van der Waals surface area contributed by atoms with Crippen molar-refractivity contribution in [2.24, 2.45) is 0 Å². The molecular weight excluding hydrogens is 492 g/mol. The van der Waals surface area contributed by atoms with Crippen molar-refractivity contribution >= 4 is 34.9 Å². The molecule has 0 spiro atoms. The fraction of sp³-hybridized carbons (Fsp3) is 0.308. The van der Waals surface area contributed by atoms with Crippen molar-refractivity contribution < 1.29 is 18.7 Å². The largest absolute Gasteiger partial charge is 0.484 e. The van der Waals surface area contributed by atoms with Gasteiger partial charge in [-0.15, -0.1) is 5.10 Å². The predicted octanol–water partition coefficient (Wildman–Crippen LogP) is 6.03. The zero-order valence-corrected chi connectivity index (χ0v) is 20.9. The molecular formula is C26H24Cl2FN3O3. The Kier molecular flexibility index (Phi) is 7.67. The third-order valence-electron chi connectivity index (χ3n) is 5.97. The van der Waals surface area contributed by atoms with E-state index >= 15 is 0 Å². The van der Waals surface area contributed by atoms with E-state index in [0.717, 1.165) is 31.5 Å². The Morgan fingerprint density at radius 2 is 1.77 bits per heavy atom. The smallest absolute Gasteiger partial charge is 0.253 e. The number of amides is 1. The predicted molar refractivity (Wildman–Crippen MR) is 132 cm³/mol. The van der Waals surface area contributed by atoms with Crippen LogP contribution >= 0.6 is 23.2 Å². The average molecular weight is 516 g/mol. The van der Waals surface area contributed by atoms with E-state index in [1.165, 1.54) is 18.2 Å². The molecule has 4 rings (SSSR count). The first-order chi connectivity index (χ1) is 16.7. The van der Waals surface area contributed by atoms with E-state index in [9.17, 15) is 14.0 Å². The molecule has 0 saturated carbocycles. The van der Waals surface area contributed by atoms with Crippen molar-refractivity contribution in [2.75, 3.05) is 13.1 Å². The van der Waals surface area contributed by atoms with Gasteiger partial charge in [-0.2, -0.15) is 5.10 Å². The summed E-state index contributed by atoms with van der Waals surface area (Å²) >= 11 is 12.3. The molecule has 0 radical (unpaired) electrons. The Balaban J connectivity index is 1.47. The maximum Gasteiger partial charge on any atom is 0.253 e. The number of aryl methyl sites for hydroxylation is 1. The highest BCUT2D eigenvalue weighted by Gasteiger charge is 2.22. The summed E-state index contributed by atoms with van der Waals surface area (Å²) in [7, 11) is 0. The van der Waals surface area contributed by atoms with Crippen LogP contribution in [-0.4, -0.2) is 39.9 Å². The number of rotatable bonds is 7. The average Bonchev–Trinajstić information content (AvgIpc) is 3.38. The molecule has 1 saturated heterocycles. The maximum absolute atomic E-state index is 13.9. The van der Waals surface area contributed by atoms with E-state index in [4.69, 9.17) is 27.9 Å². The minimum atomic E-state index is -0.697. The van der Waals surface area contributed by atoms with Gasteiger partial charge >= 0.3 is 0 Å². The Morgan fingerprint density at radius 3 is 2.46 bits per heavy atom. The minimum absolute atomic E-state index is 0.0131. The molecule has 3 aromatic rings. The lowest BCUT2D eigenvalue weighted by atomic mass is 10.0. The summed E-state index contributed by atoms with van der Waals surface area (Å²) in [6.07, 6.45) is 1.45. The van der Waals surface area contributed by atoms with Gasteiger partial charge in [0, 0.05) is 41.7 Å². The molecule has 0 aliphatic carbocycles. The van der Waals surface area contributed by atoms with E-state index in [1.807, 2.05) is 4.90 Å². The van der Waals surface area contributed by atoms with E-state index in [0.29, 0.717) is 22.6 Å². The lowest BCUT2D eigenvalue weighted by Gasteiger charge is -2.19. The first kappa shape index (κ1) is 25.1. The second-order valence-corrected chi connectivity index (χ2v) is 9.28. The van der Waals surface area contributed by atoms with Gasteiger partial charge in [0.1, 0.15) is 29.1 Å². The molecule has 182 valence electrons. The number of benzene rings is 2. The number of halogens is 3. The molecule has 0 bridgehead atoms. The molecule has 1 unspecified atom stereocenters. The summed E-state index contributed by atoms with van der Waals surface area (Å²) in [6, 6.07) is 11.1. The van der Waals surface area contributed by atoms with Crippen LogP contribution in [0.2, 0.25) is 10.0 Å². The lowest BCUT2D eigenvalue weighted by molar-refractivity contribution is 0.0792. The number of ether oxygens (including phenoxy) is 1. The molecule has 1 aliphatic heterocycles. The molecule has 2 heterocycles. The molecule has 1 aliphatic rings. The number of hydrogen-bond acceptors (Lipinski definition) is 5. The van der Waals surface area contributed by atoms with Gasteiger partial charge < -0.3 is 9.64 Å². The van der Waals surface area contributed by atoms with Crippen LogP contribution in [0.25, 0.3) is 0 Å². The highest BCUT2D eigenvalue weighted by atomic mass is 35.5. The van der Waals surface area contributed by atoms with Crippen molar-refractivity contribution in [3.8, 4) is 5.75 Å². The molecule has 1 fully saturated rings. The molecule has 1 atom stereocenters. The van der Waals surface area contributed by atoms with E-state index < -0.39 is 11.9 Å². The van der Waals surface area contributed by atoms with Crippen LogP contribution in [0.15, 0.2) is 42.5 Å². The fourth-order valence-electron chi connectivity index (χ4n) is 4.00. The molecule has 0 N–H and O–H groups in total. The summed E-state index contributed by atoms with van der Waals surface area (Å²) in [6.45, 7) is 4.94. The number of nitrogens with zero attached hydrogens (tertiary/aromatic N) is 3. The van der Waals surface area contributed by atoms with Crippen LogP contribution < -0.4 is 4.74 Å². The van der Waals surface area contributed by atoms with Gasteiger partial charge in [-0.3, -0.25) is 9.59 Å². The number of hydrogen-bond donors (Lipinski definition) is 0. The van der Waals surface area contributed by atoms with Crippen molar-refractivity contribution in [3.63, 3.8) is 0 Å². The molecule has 6 nitrogen and oxygen atoms in total. The molecule has 35 heavy (non-hydrogen) atoms. The van der Waals surface area contributed by atoms with Crippen molar-refractivity contribution in [2.45, 2.75) is 39.2 Å². The Hall–Kier alpha value is -3.03. The SMILES string of the molecule is Cc1nnc(C(=O)Cc2ccc(C(=O)N3CCCC3)cc2)cc1OC(C)c1c(Cl)ccc(F)c1Cl. The summed E-state index contributed by atoms with van der Waals surface area (Å²) < 4.78 is 19.9. The summed E-state index contributed by atoms with van der Waals surface area (Å²) in [5, 5.41) is 8.21. The number of likely N-dealkylation sites (tertiary alicyclic amines) is 1. The minimum Gasteiger partial charge on any atom is -0.484 e. The monoisotopic (exact) mass is 515 g/mol. The highest BCUT2D eigenvalue weighted by Crippen LogP contribution is 2.35. The van der Waals surface area contributed by atoms with Gasteiger partial charge in [0.25, 0.3) is 5.91 Å². The number of carbonyl (C=O) groups excluding carboxylic acids is 2. The van der Waals surface area contributed by atoms with E-state index in [1.54, 1.807) is 38.1 Å². The summed E-state index contributed by atoms with van der Waals surface area (Å²) in [4.78, 5) is 27.2. The topological polar surface area (TPSA) is 72.4 Å². The Morgan fingerprint density at radius 1 is 1.09 bits per heavy atom. The van der Waals surface area contributed by atoms with Gasteiger partial charge in [-0.1, -0.05) is 35.3 Å². The van der Waals surface area contributed by atoms with E-state index in [2.05, 4.69) is 10.2 Å². The standard InChI is InChI=1S/C26H24Cl2FN3O3/c1-15-23(35-16(2)24-19(27)9-10-20(29)25(24)28)14-21(31-30-15)22(33)13-17-5-7-18(8-6-17)26(34)32-11-3-4-12-32/h5-10,14,16H,3-4,11-13H2,1-2H3. The maximum atomic E-state index is 13.9. The second kappa shape index (κ2) is 10.7. The first-order valence-electron chi connectivity index (χ1n) is 11.3. The summed E-state index contributed by atoms with van der Waals surface area (Å²) in [5.41, 5.74) is 2.26. The van der Waals surface area contributed by atoms with Crippen LogP contribution in [0.1, 0.15) is 63.5 Å². The van der Waals surface area contributed by atoms with E-state index in [-0.39, 0.29) is 33.9 Å². The molecule has 1 amide bonds. The lowest BCUT2D eigenvalue weighted by Crippen LogP contribution is -2.27. The molecule has 1 aromatic heterocycles. The van der Waals surface area contributed by atoms with Crippen molar-refractivity contribution in [1.29, 1.82) is 0 Å². The van der Waals surface area contributed by atoms with Crippen LogP contribution in [0.5, 0.6) is 5.75 Å². The Labute approximate surface area is 213 Å². The number of carbonyl (C=O) groups is 2. The molecule has 2 aromatic carbocycles. The van der Waals surface area contributed by atoms with Gasteiger partial charge in [0.15, 0.2) is 5.78 Å². The third kappa shape index (κ3) is 5.63. The van der Waals surface area contributed by atoms with Crippen LogP contribution in [0.4, 0.5) is 4.39 Å². The first-order valence-corrected chi connectivity index (χ1v) is 12.1. The number of Topliss-reactive ketones (excluding diaryl/α,β-unsaturated/α-hetero) is 1. The van der Waals surface area contributed by atoms with Crippen molar-refractivity contribution in [3.05, 3.63) is 86.4 Å². The van der Waals surface area contributed by atoms with Crippen LogP contribution in [0, 0.1) is 12.7 Å². The normalized spacial score (nSPS) is 14.1. The zero-order valence-electron chi connectivity index (χ0n) is 19.4. The molecule has 9 heteroatoms. The number of aromatic nitrogens is 2. The fourth-order valence-corrected chi connectivity index (χ4v) is 4.68. The second-order valence-electron chi connectivity index (χ2n) is 8.49. The zero-order chi connectivity index (χ0) is 25.1. The van der Waals surface area contributed by atoms with Crippen LogP contribution in [0.3, 0.4) is 0 Å². The Bertz CT molecular complexity index is 1260. The van der Waals surface area contributed by atoms with Gasteiger partial charge in [0.2, 0.25) is 0 Å². The number of ketones is 1. The quantitative estimate of drug-likeness (QED) is 0.283. The van der Waals surface area contributed by atoms with Crippen LogP contribution in [-0.2, 0) is 6.42 Å². The summed E-state index contributed by atoms with van der Waals surface area (Å²) in [5.74, 6) is -0.524. The highest BCUT2D eigenvalue weighted by molar-refractivity contribution is 6.36. The van der Waals surface area contributed by atoms with Gasteiger partial charge in [-0.25, -0.2) is 4.39 Å². The van der Waals surface area contributed by atoms with Gasteiger partial charge in [-0.05, 0) is 56.5 Å². The third-order valence-corrected chi connectivity index (χ3v) is 6.68. The van der Waals surface area contributed by atoms with Crippen molar-refractivity contribution in [1.82, 2.24) is 15.1 Å². The van der Waals surface area contributed by atoms with Gasteiger partial charge in [0.05, 0.1) is 5.02 Å².